The van der Waals surface area contributed by atoms with Gasteiger partial charge in [-0.2, -0.15) is 0 Å². The summed E-state index contributed by atoms with van der Waals surface area (Å²) in [7, 11) is 5.27. The van der Waals surface area contributed by atoms with E-state index in [0.29, 0.717) is 13.2 Å². The number of hydrogen-bond acceptors (Lipinski definition) is 3. The van der Waals surface area contributed by atoms with Gasteiger partial charge in [-0.05, 0) is 71.3 Å². The quantitative estimate of drug-likeness (QED) is 0.0275. The highest BCUT2D eigenvalue weighted by Crippen LogP contribution is 2.51. The Kier molecular flexibility index (Phi) is 35.6. The number of allylic oxidation sites excluding steroid dienone is 4. The normalized spacial score (nSPS) is 13.8. The molecule has 0 heterocycles. The van der Waals surface area contributed by atoms with Crippen molar-refractivity contribution in [1.82, 2.24) is 4.67 Å². The van der Waals surface area contributed by atoms with Gasteiger partial charge in [-0.25, -0.2) is 9.24 Å². The second-order valence-electron chi connectivity index (χ2n) is 15.8. The summed E-state index contributed by atoms with van der Waals surface area (Å²) in [5.41, 5.74) is 0. The number of hydrogen-bond donors (Lipinski definition) is 0. The molecule has 0 spiro atoms. The van der Waals surface area contributed by atoms with E-state index in [1.54, 1.807) is 0 Å². The van der Waals surface area contributed by atoms with Crippen LogP contribution in [0.3, 0.4) is 0 Å². The van der Waals surface area contributed by atoms with Crippen LogP contribution in [0.2, 0.25) is 0 Å². The molecule has 0 aliphatic rings. The lowest BCUT2D eigenvalue weighted by Crippen LogP contribution is -2.36. The first-order valence-corrected chi connectivity index (χ1v) is 23.0. The molecular weight excluding hydrogens is 623 g/mol. The van der Waals surface area contributed by atoms with E-state index >= 15 is 0 Å². The van der Waals surface area contributed by atoms with Crippen molar-refractivity contribution >= 4 is 7.75 Å². The Morgan fingerprint density at radius 3 is 1.10 bits per heavy atom. The molecule has 0 amide bonds. The zero-order valence-electron chi connectivity index (χ0n) is 34.2. The van der Waals surface area contributed by atoms with Crippen LogP contribution in [-0.4, -0.2) is 63.6 Å². The Bertz CT molecular complexity index is 732. The van der Waals surface area contributed by atoms with Gasteiger partial charge >= 0.3 is 7.75 Å². The lowest BCUT2D eigenvalue weighted by molar-refractivity contribution is -0.870. The molecule has 0 N–H and O–H groups in total. The maximum Gasteiger partial charge on any atom is 0.407 e. The SMILES string of the molecule is CCCCCCCCC=CCCCCCCCCOP(=O)(OCCCCCCCCC=CCCCCCCCC)N(C)CCC[N+](C)(C)C. The van der Waals surface area contributed by atoms with Crippen LogP contribution in [0.15, 0.2) is 24.3 Å². The molecule has 0 aromatic rings. The molecule has 0 bridgehead atoms. The van der Waals surface area contributed by atoms with E-state index in [1.165, 1.54) is 154 Å². The fourth-order valence-corrected chi connectivity index (χ4v) is 7.76. The van der Waals surface area contributed by atoms with Crippen LogP contribution in [0.1, 0.15) is 200 Å². The summed E-state index contributed by atoms with van der Waals surface area (Å²) >= 11 is 0. The smallest absolute Gasteiger partial charge is 0.331 e. The molecule has 0 fully saturated rings. The van der Waals surface area contributed by atoms with Gasteiger partial charge in [0, 0.05) is 13.0 Å². The topological polar surface area (TPSA) is 38.8 Å². The zero-order valence-corrected chi connectivity index (χ0v) is 35.1. The van der Waals surface area contributed by atoms with E-state index in [9.17, 15) is 4.57 Å². The molecule has 0 saturated heterocycles. The van der Waals surface area contributed by atoms with Crippen molar-refractivity contribution in [3.8, 4) is 0 Å². The third-order valence-electron chi connectivity index (χ3n) is 9.55. The number of unbranched alkanes of at least 4 members (excludes halogenated alkanes) is 24. The maximum absolute atomic E-state index is 13.9. The van der Waals surface area contributed by atoms with Crippen molar-refractivity contribution < 1.29 is 18.1 Å². The first-order valence-electron chi connectivity index (χ1n) is 21.5. The van der Waals surface area contributed by atoms with E-state index in [2.05, 4.69) is 59.3 Å². The second kappa shape index (κ2) is 35.9. The number of rotatable bonds is 39. The van der Waals surface area contributed by atoms with E-state index in [1.807, 2.05) is 11.7 Å². The minimum atomic E-state index is -3.26. The predicted octanol–water partition coefficient (Wildman–Crippen LogP) is 14.2. The Hall–Kier alpha value is -0.450. The van der Waals surface area contributed by atoms with Crippen molar-refractivity contribution in [2.24, 2.45) is 0 Å². The van der Waals surface area contributed by atoms with Crippen LogP contribution in [0.25, 0.3) is 0 Å². The van der Waals surface area contributed by atoms with Crippen LogP contribution in [0.5, 0.6) is 0 Å². The highest BCUT2D eigenvalue weighted by molar-refractivity contribution is 7.51. The third-order valence-corrected chi connectivity index (χ3v) is 11.6. The summed E-state index contributed by atoms with van der Waals surface area (Å²) in [6.45, 7) is 7.37. The molecule has 0 rings (SSSR count). The summed E-state index contributed by atoms with van der Waals surface area (Å²) in [5.74, 6) is 0. The van der Waals surface area contributed by atoms with Crippen LogP contribution < -0.4 is 0 Å². The van der Waals surface area contributed by atoms with Gasteiger partial charge in [-0.3, -0.25) is 9.05 Å². The second-order valence-corrected chi connectivity index (χ2v) is 17.9. The Labute approximate surface area is 308 Å². The number of quaternary nitrogens is 1. The lowest BCUT2D eigenvalue weighted by Gasteiger charge is -2.29. The minimum absolute atomic E-state index is 0.519. The fourth-order valence-electron chi connectivity index (χ4n) is 6.19. The molecule has 6 heteroatoms. The molecule has 0 aromatic heterocycles. The summed E-state index contributed by atoms with van der Waals surface area (Å²) < 4.78 is 28.7. The summed E-state index contributed by atoms with van der Waals surface area (Å²) in [6.07, 6.45) is 46.4. The minimum Gasteiger partial charge on any atom is -0.331 e. The maximum atomic E-state index is 13.9. The van der Waals surface area contributed by atoms with Crippen molar-refractivity contribution in [2.75, 3.05) is 54.5 Å². The molecule has 5 nitrogen and oxygen atoms in total. The Morgan fingerprint density at radius 1 is 0.469 bits per heavy atom. The van der Waals surface area contributed by atoms with Crippen molar-refractivity contribution in [2.45, 2.75) is 200 Å². The number of nitrogens with zero attached hydrogens (tertiary/aromatic N) is 2. The highest BCUT2D eigenvalue weighted by atomic mass is 31.2. The highest BCUT2D eigenvalue weighted by Gasteiger charge is 2.30. The lowest BCUT2D eigenvalue weighted by atomic mass is 10.1. The van der Waals surface area contributed by atoms with Gasteiger partial charge in [0.05, 0.1) is 40.9 Å². The average molecular weight is 712 g/mol. The molecule has 0 unspecified atom stereocenters. The average Bonchev–Trinajstić information content (AvgIpc) is 3.07. The third kappa shape index (κ3) is 35.7. The Balaban J connectivity index is 4.10. The van der Waals surface area contributed by atoms with Gasteiger partial charge in [-0.15, -0.1) is 0 Å². The first-order chi connectivity index (χ1) is 23.7. The molecule has 0 saturated carbocycles. The standard InChI is InChI=1S/C43H88N2O3P/c1-7-9-11-13-15-17-19-21-23-25-27-29-31-33-35-37-42-47-49(46,44(3)40-39-41-45(4,5)6)48-43-38-36-34-32-30-28-26-24-22-20-18-16-14-12-10-8-2/h21-24H,7-20,25-43H2,1-6H3/q+1. The molecular formula is C43H88N2O3P+. The first kappa shape index (κ1) is 48.5. The van der Waals surface area contributed by atoms with E-state index in [-0.39, 0.29) is 0 Å². The van der Waals surface area contributed by atoms with Gasteiger partial charge in [0.25, 0.3) is 0 Å². The zero-order chi connectivity index (χ0) is 36.2. The van der Waals surface area contributed by atoms with Gasteiger partial charge in [0.1, 0.15) is 0 Å². The van der Waals surface area contributed by atoms with Crippen LogP contribution in [-0.2, 0) is 13.6 Å². The summed E-state index contributed by atoms with van der Waals surface area (Å²) in [4.78, 5) is 0. The van der Waals surface area contributed by atoms with Crippen LogP contribution in [0.4, 0.5) is 0 Å². The molecule has 0 aliphatic heterocycles. The summed E-state index contributed by atoms with van der Waals surface area (Å²) in [5, 5.41) is 0. The molecule has 0 aromatic carbocycles. The van der Waals surface area contributed by atoms with E-state index in [4.69, 9.17) is 9.05 Å². The molecule has 0 aliphatic carbocycles. The molecule has 49 heavy (non-hydrogen) atoms. The fraction of sp³-hybridized carbons (Fsp3) is 0.907. The Morgan fingerprint density at radius 2 is 0.776 bits per heavy atom. The van der Waals surface area contributed by atoms with Crippen molar-refractivity contribution in [3.63, 3.8) is 0 Å². The largest absolute Gasteiger partial charge is 0.407 e. The van der Waals surface area contributed by atoms with Gasteiger partial charge in [0.15, 0.2) is 0 Å². The van der Waals surface area contributed by atoms with E-state index in [0.717, 1.165) is 49.7 Å². The monoisotopic (exact) mass is 712 g/mol. The molecule has 0 radical (unpaired) electrons. The summed E-state index contributed by atoms with van der Waals surface area (Å²) in [6, 6.07) is 0. The van der Waals surface area contributed by atoms with Crippen molar-refractivity contribution in [1.29, 1.82) is 0 Å². The molecule has 0 atom stereocenters. The molecule has 292 valence electrons. The van der Waals surface area contributed by atoms with Crippen LogP contribution >= 0.6 is 7.75 Å². The van der Waals surface area contributed by atoms with E-state index < -0.39 is 7.75 Å². The van der Waals surface area contributed by atoms with Gasteiger partial charge in [-0.1, -0.05) is 154 Å². The van der Waals surface area contributed by atoms with Crippen molar-refractivity contribution in [3.05, 3.63) is 24.3 Å². The van der Waals surface area contributed by atoms with Gasteiger partial charge in [0.2, 0.25) is 0 Å². The van der Waals surface area contributed by atoms with Gasteiger partial charge < -0.3 is 4.48 Å². The predicted molar refractivity (Wildman–Crippen MR) is 219 cm³/mol. The van der Waals surface area contributed by atoms with Crippen LogP contribution in [0, 0.1) is 0 Å².